The average Bonchev–Trinajstić information content (AvgIpc) is 3.20. The minimum absolute atomic E-state index is 0.0717. The summed E-state index contributed by atoms with van der Waals surface area (Å²) in [4.78, 5) is 42.1. The van der Waals surface area contributed by atoms with Crippen molar-refractivity contribution in [2.24, 2.45) is 0 Å². The lowest BCUT2D eigenvalue weighted by molar-refractivity contribution is -0.122. The van der Waals surface area contributed by atoms with Crippen LogP contribution in [0, 0.1) is 0 Å². The molecule has 9 nitrogen and oxygen atoms in total. The van der Waals surface area contributed by atoms with E-state index in [1.165, 1.54) is 11.3 Å². The van der Waals surface area contributed by atoms with E-state index in [-0.39, 0.29) is 11.9 Å². The van der Waals surface area contributed by atoms with Crippen LogP contribution in [0.4, 0.5) is 9.93 Å². The number of aromatic nitrogens is 1. The number of nitrogens with one attached hydrogen (secondary N) is 2. The Hall–Kier alpha value is -2.36. The molecule has 2 rings (SSSR count). The highest BCUT2D eigenvalue weighted by Crippen LogP contribution is 2.24. The van der Waals surface area contributed by atoms with Gasteiger partial charge in [-0.15, -0.1) is 11.3 Å². The van der Waals surface area contributed by atoms with Gasteiger partial charge < -0.3 is 25.0 Å². The third-order valence-corrected chi connectivity index (χ3v) is 5.76. The quantitative estimate of drug-likeness (QED) is 0.399. The lowest BCUT2D eigenvalue weighted by Gasteiger charge is -2.32. The molecule has 0 radical (unpaired) electrons. The van der Waals surface area contributed by atoms with Crippen molar-refractivity contribution in [3.05, 3.63) is 11.1 Å². The zero-order valence-electron chi connectivity index (χ0n) is 19.6. The Bertz CT molecular complexity index is 754. The van der Waals surface area contributed by atoms with Crippen molar-refractivity contribution in [1.29, 1.82) is 0 Å². The molecule has 180 valence electrons. The molecule has 1 aliphatic rings. The second-order valence-electron chi connectivity index (χ2n) is 8.80. The van der Waals surface area contributed by atoms with E-state index in [1.807, 2.05) is 20.8 Å². The molecule has 1 aliphatic heterocycles. The summed E-state index contributed by atoms with van der Waals surface area (Å²) >= 11 is 1.44. The first-order chi connectivity index (χ1) is 15.2. The summed E-state index contributed by atoms with van der Waals surface area (Å²) in [5, 5.41) is 8.39. The van der Waals surface area contributed by atoms with Crippen LogP contribution in [0.3, 0.4) is 0 Å². The van der Waals surface area contributed by atoms with E-state index < -0.39 is 17.7 Å². The van der Waals surface area contributed by atoms with Gasteiger partial charge in [0.25, 0.3) is 0 Å². The van der Waals surface area contributed by atoms with Crippen LogP contribution in [0.25, 0.3) is 0 Å². The molecule has 1 fully saturated rings. The molecule has 0 spiro atoms. The van der Waals surface area contributed by atoms with E-state index in [4.69, 9.17) is 9.47 Å². The number of esters is 1. The number of rotatable bonds is 10. The van der Waals surface area contributed by atoms with E-state index in [9.17, 15) is 14.4 Å². The van der Waals surface area contributed by atoms with E-state index in [0.29, 0.717) is 25.3 Å². The van der Waals surface area contributed by atoms with Gasteiger partial charge in [-0.05, 0) is 53.4 Å². The molecule has 2 amide bonds. The van der Waals surface area contributed by atoms with Crippen LogP contribution < -0.4 is 15.5 Å². The fraction of sp³-hybridized carbons (Fsp3) is 0.727. The van der Waals surface area contributed by atoms with Gasteiger partial charge in [-0.1, -0.05) is 6.42 Å². The van der Waals surface area contributed by atoms with Gasteiger partial charge >= 0.3 is 12.1 Å². The molecular weight excluding hydrogens is 432 g/mol. The fourth-order valence-electron chi connectivity index (χ4n) is 3.32. The number of ether oxygens (including phenoxy) is 2. The van der Waals surface area contributed by atoms with Crippen molar-refractivity contribution in [2.45, 2.75) is 77.9 Å². The molecule has 0 aromatic carbocycles. The van der Waals surface area contributed by atoms with Crippen molar-refractivity contribution in [3.63, 3.8) is 0 Å². The molecule has 0 atom stereocenters. The Labute approximate surface area is 194 Å². The highest BCUT2D eigenvalue weighted by atomic mass is 32.1. The molecule has 1 saturated heterocycles. The summed E-state index contributed by atoms with van der Waals surface area (Å²) in [6.07, 6.45) is 4.25. The van der Waals surface area contributed by atoms with Crippen LogP contribution in [0.5, 0.6) is 0 Å². The number of carbonyl (C=O) groups excluding carboxylic acids is 3. The normalized spacial score (nSPS) is 14.7. The number of alkyl carbamates (subject to hydrolysis) is 1. The first kappa shape index (κ1) is 25.9. The van der Waals surface area contributed by atoms with Gasteiger partial charge in [0, 0.05) is 37.5 Å². The van der Waals surface area contributed by atoms with Crippen molar-refractivity contribution in [1.82, 2.24) is 15.6 Å². The van der Waals surface area contributed by atoms with Crippen molar-refractivity contribution in [3.8, 4) is 0 Å². The van der Waals surface area contributed by atoms with Gasteiger partial charge in [0.1, 0.15) is 5.60 Å². The zero-order chi connectivity index (χ0) is 23.6. The van der Waals surface area contributed by atoms with E-state index >= 15 is 0 Å². The molecular formula is C22H36N4O5S. The summed E-state index contributed by atoms with van der Waals surface area (Å²) < 4.78 is 10.2. The number of hydrogen-bond acceptors (Lipinski definition) is 8. The van der Waals surface area contributed by atoms with Crippen LogP contribution in [-0.4, -0.2) is 60.8 Å². The maximum Gasteiger partial charge on any atom is 0.407 e. The van der Waals surface area contributed by atoms with Crippen LogP contribution in [0.15, 0.2) is 5.38 Å². The number of carbonyl (C=O) groups is 3. The number of nitrogens with zero attached hydrogens (tertiary/aromatic N) is 2. The summed E-state index contributed by atoms with van der Waals surface area (Å²) in [5.41, 5.74) is -0.145. The lowest BCUT2D eigenvalue weighted by atomic mass is 10.0. The third kappa shape index (κ3) is 9.42. The maximum atomic E-state index is 12.2. The molecule has 32 heavy (non-hydrogen) atoms. The number of amides is 2. The standard InChI is InChI=1S/C22H36N4O5S/c1-5-30-19(28)17-15-32-20(25-17)26-13-10-16(11-14-26)24-18(27)9-7-6-8-12-23-21(29)31-22(2,3)4/h15-16H,5-14H2,1-4H3,(H,23,29)(H,24,27). The number of thiazole rings is 1. The third-order valence-electron chi connectivity index (χ3n) is 4.86. The maximum absolute atomic E-state index is 12.2. The number of unbranched alkanes of at least 4 members (excludes halogenated alkanes) is 2. The van der Waals surface area contributed by atoms with Gasteiger partial charge in [0.15, 0.2) is 10.8 Å². The topological polar surface area (TPSA) is 110 Å². The molecule has 0 unspecified atom stereocenters. The van der Waals surface area contributed by atoms with E-state index in [2.05, 4.69) is 20.5 Å². The molecule has 2 heterocycles. The smallest absolute Gasteiger partial charge is 0.407 e. The first-order valence-corrected chi connectivity index (χ1v) is 12.2. The predicted octanol–water partition coefficient (Wildman–Crippen LogP) is 3.49. The van der Waals surface area contributed by atoms with Crippen molar-refractivity contribution >= 4 is 34.4 Å². The zero-order valence-corrected chi connectivity index (χ0v) is 20.4. The monoisotopic (exact) mass is 468 g/mol. The molecule has 2 N–H and O–H groups in total. The predicted molar refractivity (Wildman–Crippen MR) is 124 cm³/mol. The number of piperidine rings is 1. The highest BCUT2D eigenvalue weighted by Gasteiger charge is 2.23. The number of hydrogen-bond donors (Lipinski definition) is 2. The summed E-state index contributed by atoms with van der Waals surface area (Å²) in [5.74, 6) is -0.319. The minimum atomic E-state index is -0.496. The highest BCUT2D eigenvalue weighted by molar-refractivity contribution is 7.13. The first-order valence-electron chi connectivity index (χ1n) is 11.3. The second-order valence-corrected chi connectivity index (χ2v) is 9.64. The second kappa shape index (κ2) is 12.6. The Morgan fingerprint density at radius 2 is 1.91 bits per heavy atom. The Balaban J connectivity index is 1.57. The van der Waals surface area contributed by atoms with Gasteiger partial charge in [-0.2, -0.15) is 0 Å². The van der Waals surface area contributed by atoms with Crippen LogP contribution in [0.1, 0.15) is 76.7 Å². The van der Waals surface area contributed by atoms with Crippen LogP contribution in [-0.2, 0) is 14.3 Å². The molecule has 0 bridgehead atoms. The van der Waals surface area contributed by atoms with Crippen molar-refractivity contribution < 1.29 is 23.9 Å². The van der Waals surface area contributed by atoms with E-state index in [0.717, 1.165) is 50.3 Å². The molecule has 10 heteroatoms. The fourth-order valence-corrected chi connectivity index (χ4v) is 4.16. The Morgan fingerprint density at radius 3 is 2.56 bits per heavy atom. The van der Waals surface area contributed by atoms with Gasteiger partial charge in [-0.3, -0.25) is 4.79 Å². The lowest BCUT2D eigenvalue weighted by Crippen LogP contribution is -2.44. The summed E-state index contributed by atoms with van der Waals surface area (Å²) in [7, 11) is 0. The summed E-state index contributed by atoms with van der Waals surface area (Å²) in [6.45, 7) is 9.72. The Morgan fingerprint density at radius 1 is 1.19 bits per heavy atom. The van der Waals surface area contributed by atoms with Crippen molar-refractivity contribution in [2.75, 3.05) is 31.1 Å². The van der Waals surface area contributed by atoms with E-state index in [1.54, 1.807) is 12.3 Å². The Kier molecular flexibility index (Phi) is 10.2. The molecule has 0 saturated carbocycles. The van der Waals surface area contributed by atoms with Gasteiger partial charge in [0.05, 0.1) is 6.61 Å². The van der Waals surface area contributed by atoms with Gasteiger partial charge in [-0.25, -0.2) is 14.6 Å². The largest absolute Gasteiger partial charge is 0.461 e. The number of anilines is 1. The van der Waals surface area contributed by atoms with Crippen LogP contribution in [0.2, 0.25) is 0 Å². The SMILES string of the molecule is CCOC(=O)c1csc(N2CCC(NC(=O)CCCCCNC(=O)OC(C)(C)C)CC2)n1. The summed E-state index contributed by atoms with van der Waals surface area (Å²) in [6, 6.07) is 0.164. The van der Waals surface area contributed by atoms with Gasteiger partial charge in [0.2, 0.25) is 5.91 Å². The average molecular weight is 469 g/mol. The molecule has 1 aromatic heterocycles. The molecule has 0 aliphatic carbocycles. The minimum Gasteiger partial charge on any atom is -0.461 e. The molecule has 1 aromatic rings. The van der Waals surface area contributed by atoms with Crippen LogP contribution >= 0.6 is 11.3 Å².